The van der Waals surface area contributed by atoms with E-state index in [0.717, 1.165) is 0 Å². The molecule has 0 amide bonds. The van der Waals surface area contributed by atoms with Crippen LogP contribution in [0, 0.1) is 23.3 Å². The Morgan fingerprint density at radius 1 is 0.615 bits per heavy atom. The minimum Gasteiger partial charge on any atom is -0.289 e. The lowest BCUT2D eigenvalue weighted by Gasteiger charge is -2.16. The fraction of sp³-hybridized carbons (Fsp3) is 0.133. The molecule has 140 valence electrons. The first kappa shape index (κ1) is 19.7. The van der Waals surface area contributed by atoms with Crippen molar-refractivity contribution in [3.8, 4) is 0 Å². The Bertz CT molecular complexity index is 808. The zero-order chi connectivity index (χ0) is 20.0. The Kier molecular flexibility index (Phi) is 4.77. The van der Waals surface area contributed by atoms with Crippen molar-refractivity contribution in [3.63, 3.8) is 0 Å². The Hall–Kier alpha value is -2.59. The van der Waals surface area contributed by atoms with Gasteiger partial charge in [0, 0.05) is 23.3 Å². The van der Waals surface area contributed by atoms with E-state index in [2.05, 4.69) is 0 Å². The number of carbonyl (C=O) groups excluding carboxylic acids is 1. The average molecular weight is 390 g/mol. The van der Waals surface area contributed by atoms with Crippen molar-refractivity contribution in [1.29, 1.82) is 0 Å². The van der Waals surface area contributed by atoms with Gasteiger partial charge in [-0.2, -0.15) is 26.3 Å². The van der Waals surface area contributed by atoms with Crippen LogP contribution in [0.5, 0.6) is 0 Å². The van der Waals surface area contributed by atoms with Gasteiger partial charge in [0.2, 0.25) is 0 Å². The van der Waals surface area contributed by atoms with Crippen LogP contribution in [-0.2, 0) is 12.4 Å². The molecule has 0 aliphatic carbocycles. The smallest absolute Gasteiger partial charge is 0.289 e. The van der Waals surface area contributed by atoms with E-state index in [1.54, 1.807) is 0 Å². The number of benzene rings is 2. The molecule has 0 aliphatic heterocycles. The van der Waals surface area contributed by atoms with Crippen molar-refractivity contribution in [3.05, 3.63) is 69.8 Å². The van der Waals surface area contributed by atoms with Gasteiger partial charge < -0.3 is 0 Å². The lowest BCUT2D eigenvalue weighted by atomic mass is 9.93. The van der Waals surface area contributed by atoms with E-state index in [9.17, 15) is 48.7 Å². The second kappa shape index (κ2) is 6.29. The summed E-state index contributed by atoms with van der Waals surface area (Å²) in [4.78, 5) is 12.1. The van der Waals surface area contributed by atoms with Crippen LogP contribution in [0.4, 0.5) is 43.9 Å². The predicted octanol–water partition coefficient (Wildman–Crippen LogP) is 5.51. The van der Waals surface area contributed by atoms with E-state index in [0.29, 0.717) is 0 Å². The minimum absolute atomic E-state index is 0.169. The van der Waals surface area contributed by atoms with Gasteiger partial charge in [-0.25, -0.2) is 17.6 Å². The molecule has 1 nitrogen and oxygen atoms in total. The number of rotatable bonds is 2. The van der Waals surface area contributed by atoms with Gasteiger partial charge in [-0.3, -0.25) is 4.79 Å². The topological polar surface area (TPSA) is 17.1 Å². The van der Waals surface area contributed by atoms with Gasteiger partial charge in [-0.15, -0.1) is 0 Å². The summed E-state index contributed by atoms with van der Waals surface area (Å²) in [6.07, 6.45) is -11.2. The molecular formula is C15H4F10O. The molecule has 0 aliphatic rings. The Labute approximate surface area is 137 Å². The molecule has 0 radical (unpaired) electrons. The Morgan fingerprint density at radius 2 is 0.923 bits per heavy atom. The summed E-state index contributed by atoms with van der Waals surface area (Å²) in [5, 5.41) is 0. The molecule has 0 fully saturated rings. The molecule has 0 N–H and O–H groups in total. The van der Waals surface area contributed by atoms with E-state index in [1.165, 1.54) is 0 Å². The lowest BCUT2D eigenvalue weighted by molar-refractivity contribution is -0.140. The summed E-state index contributed by atoms with van der Waals surface area (Å²) in [5.41, 5.74) is -8.43. The molecule has 0 saturated carbocycles. The van der Waals surface area contributed by atoms with Gasteiger partial charge >= 0.3 is 12.4 Å². The van der Waals surface area contributed by atoms with Crippen LogP contribution < -0.4 is 0 Å². The highest BCUT2D eigenvalue weighted by molar-refractivity contribution is 6.11. The maximum atomic E-state index is 13.5. The van der Waals surface area contributed by atoms with E-state index in [-0.39, 0.29) is 24.3 Å². The molecule has 0 saturated heterocycles. The molecule has 0 atom stereocenters. The van der Waals surface area contributed by atoms with Crippen LogP contribution in [0.2, 0.25) is 0 Å². The third kappa shape index (κ3) is 3.65. The largest absolute Gasteiger partial charge is 0.419 e. The van der Waals surface area contributed by atoms with Gasteiger partial charge in [0.1, 0.15) is 34.4 Å². The molecule has 0 spiro atoms. The van der Waals surface area contributed by atoms with E-state index < -0.39 is 63.7 Å². The molecule has 0 heterocycles. The molecule has 11 heteroatoms. The molecule has 2 rings (SSSR count). The normalized spacial score (nSPS) is 12.4. The van der Waals surface area contributed by atoms with E-state index in [1.807, 2.05) is 0 Å². The van der Waals surface area contributed by atoms with Gasteiger partial charge in [0.15, 0.2) is 5.78 Å². The summed E-state index contributed by atoms with van der Waals surface area (Å²) >= 11 is 0. The Balaban J connectivity index is 2.84. The quantitative estimate of drug-likeness (QED) is 0.488. The summed E-state index contributed by atoms with van der Waals surface area (Å²) in [5.74, 6) is -10.2. The van der Waals surface area contributed by atoms with Gasteiger partial charge in [0.05, 0.1) is 0 Å². The van der Waals surface area contributed by atoms with Crippen LogP contribution in [-0.4, -0.2) is 5.78 Å². The molecule has 26 heavy (non-hydrogen) atoms. The fourth-order valence-electron chi connectivity index (χ4n) is 2.23. The number of hydrogen-bond acceptors (Lipinski definition) is 1. The molecular weight excluding hydrogens is 386 g/mol. The molecule has 0 aromatic heterocycles. The molecule has 0 bridgehead atoms. The fourth-order valence-corrected chi connectivity index (χ4v) is 2.23. The summed E-state index contributed by atoms with van der Waals surface area (Å²) in [6.45, 7) is 0. The van der Waals surface area contributed by atoms with Crippen molar-refractivity contribution in [2.75, 3.05) is 0 Å². The van der Waals surface area contributed by atoms with Crippen molar-refractivity contribution < 1.29 is 48.7 Å². The van der Waals surface area contributed by atoms with Crippen LogP contribution >= 0.6 is 0 Å². The van der Waals surface area contributed by atoms with Gasteiger partial charge in [0.25, 0.3) is 0 Å². The first-order valence-corrected chi connectivity index (χ1v) is 6.40. The highest BCUT2D eigenvalue weighted by Gasteiger charge is 2.43. The van der Waals surface area contributed by atoms with Crippen molar-refractivity contribution in [2.45, 2.75) is 12.4 Å². The monoisotopic (exact) mass is 390 g/mol. The van der Waals surface area contributed by atoms with Crippen LogP contribution in [0.1, 0.15) is 27.0 Å². The van der Waals surface area contributed by atoms with E-state index in [4.69, 9.17) is 0 Å². The van der Waals surface area contributed by atoms with E-state index >= 15 is 0 Å². The number of halogens is 10. The molecule has 2 aromatic rings. The van der Waals surface area contributed by atoms with Crippen molar-refractivity contribution in [2.24, 2.45) is 0 Å². The number of ketones is 1. The highest BCUT2D eigenvalue weighted by Crippen LogP contribution is 2.39. The lowest BCUT2D eigenvalue weighted by Crippen LogP contribution is -2.21. The van der Waals surface area contributed by atoms with Gasteiger partial charge in [-0.05, 0) is 12.1 Å². The maximum absolute atomic E-state index is 13.5. The van der Waals surface area contributed by atoms with Gasteiger partial charge in [-0.1, -0.05) is 0 Å². The summed E-state index contributed by atoms with van der Waals surface area (Å²) in [7, 11) is 0. The standard InChI is InChI=1S/C15H4F10O/c16-5-1-7(11(9(18)3-5)14(20,21)22)13(26)8-2-6(17)4-10(19)12(8)15(23,24)25/h1-4H. The minimum atomic E-state index is -5.59. The summed E-state index contributed by atoms with van der Waals surface area (Å²) < 4.78 is 131. The van der Waals surface area contributed by atoms with Crippen LogP contribution in [0.15, 0.2) is 24.3 Å². The summed E-state index contributed by atoms with van der Waals surface area (Å²) in [6, 6.07) is -0.818. The van der Waals surface area contributed by atoms with Crippen LogP contribution in [0.3, 0.4) is 0 Å². The predicted molar refractivity (Wildman–Crippen MR) is 66.2 cm³/mol. The second-order valence-corrected chi connectivity index (χ2v) is 4.94. The number of hydrogen-bond donors (Lipinski definition) is 0. The van der Waals surface area contributed by atoms with Crippen molar-refractivity contribution in [1.82, 2.24) is 0 Å². The van der Waals surface area contributed by atoms with Crippen molar-refractivity contribution >= 4 is 5.78 Å². The third-order valence-electron chi connectivity index (χ3n) is 3.17. The SMILES string of the molecule is O=C(c1cc(F)cc(F)c1C(F)(F)F)c1cc(F)cc(F)c1C(F)(F)F. The molecule has 2 aromatic carbocycles. The Morgan fingerprint density at radius 3 is 1.19 bits per heavy atom. The highest BCUT2D eigenvalue weighted by atomic mass is 19.4. The average Bonchev–Trinajstić information content (AvgIpc) is 2.41. The first-order valence-electron chi connectivity index (χ1n) is 6.40. The first-order chi connectivity index (χ1) is 11.7. The second-order valence-electron chi connectivity index (χ2n) is 4.94. The maximum Gasteiger partial charge on any atom is 0.419 e. The van der Waals surface area contributed by atoms with Crippen LogP contribution in [0.25, 0.3) is 0 Å². The molecule has 0 unspecified atom stereocenters. The zero-order valence-corrected chi connectivity index (χ0v) is 12.0. The zero-order valence-electron chi connectivity index (χ0n) is 12.0. The number of carbonyl (C=O) groups is 1. The third-order valence-corrected chi connectivity index (χ3v) is 3.17. The number of alkyl halides is 6.